The number of hydrogen-bond donors (Lipinski definition) is 4. The molecule has 1 unspecified atom stereocenters. The number of hydrogen-bond acceptors (Lipinski definition) is 4. The van der Waals surface area contributed by atoms with Crippen molar-refractivity contribution in [1.29, 1.82) is 0 Å². The molecule has 1 aromatic heterocycles. The van der Waals surface area contributed by atoms with Gasteiger partial charge in [-0.3, -0.25) is 14.4 Å². The molecule has 7 nitrogen and oxygen atoms in total. The van der Waals surface area contributed by atoms with Crippen LogP contribution in [0, 0.1) is 0 Å². The predicted octanol–water partition coefficient (Wildman–Crippen LogP) is 0.316. The number of aromatic amines is 2. The number of aromatic nitrogens is 2. The highest BCUT2D eigenvalue weighted by atomic mass is 16.3. The Morgan fingerprint density at radius 3 is 2.55 bits per heavy atom. The first kappa shape index (κ1) is 14.0. The van der Waals surface area contributed by atoms with E-state index in [2.05, 4.69) is 15.3 Å². The third kappa shape index (κ3) is 3.33. The van der Waals surface area contributed by atoms with Crippen molar-refractivity contribution in [3.8, 4) is 0 Å². The Labute approximate surface area is 113 Å². The smallest absolute Gasteiger partial charge is 0.314 e. The van der Waals surface area contributed by atoms with Gasteiger partial charge in [-0.05, 0) is 31.5 Å². The maximum absolute atomic E-state index is 11.6. The van der Waals surface area contributed by atoms with Gasteiger partial charge < -0.3 is 20.4 Å². The van der Waals surface area contributed by atoms with Gasteiger partial charge in [0.25, 0.3) is 0 Å². The molecule has 0 saturated carbocycles. The Morgan fingerprint density at radius 1 is 1.25 bits per heavy atom. The standard InChI is InChI=1S/C13H15N3O4/c1-7(17)2-5-11(18)14-8-3-4-9-10(6-8)16-13(20)12(19)15-9/h3-4,6-7,17H,2,5H2,1H3,(H,14,18)(H,15,19)(H,16,20). The zero-order valence-electron chi connectivity index (χ0n) is 10.9. The first-order valence-electron chi connectivity index (χ1n) is 6.20. The van der Waals surface area contributed by atoms with Crippen molar-refractivity contribution >= 4 is 22.6 Å². The van der Waals surface area contributed by atoms with Crippen LogP contribution in [0.2, 0.25) is 0 Å². The number of amides is 1. The normalized spacial score (nSPS) is 12.3. The Kier molecular flexibility index (Phi) is 3.99. The lowest BCUT2D eigenvalue weighted by Gasteiger charge is -2.07. The minimum absolute atomic E-state index is 0.206. The van der Waals surface area contributed by atoms with Crippen LogP contribution in [0.15, 0.2) is 27.8 Å². The van der Waals surface area contributed by atoms with Gasteiger partial charge in [-0.15, -0.1) is 0 Å². The van der Waals surface area contributed by atoms with Gasteiger partial charge >= 0.3 is 11.1 Å². The zero-order chi connectivity index (χ0) is 14.7. The summed E-state index contributed by atoms with van der Waals surface area (Å²) in [5.41, 5.74) is -0.0309. The average Bonchev–Trinajstić information content (AvgIpc) is 2.38. The van der Waals surface area contributed by atoms with Gasteiger partial charge in [0.2, 0.25) is 5.91 Å². The summed E-state index contributed by atoms with van der Waals surface area (Å²) in [7, 11) is 0. The molecule has 20 heavy (non-hydrogen) atoms. The van der Waals surface area contributed by atoms with Crippen LogP contribution in [-0.4, -0.2) is 27.1 Å². The second-order valence-electron chi connectivity index (χ2n) is 4.60. The molecule has 0 spiro atoms. The van der Waals surface area contributed by atoms with E-state index in [1.807, 2.05) is 0 Å². The molecule has 0 bridgehead atoms. The Bertz CT molecular complexity index is 745. The fourth-order valence-corrected chi connectivity index (χ4v) is 1.76. The minimum atomic E-state index is -0.741. The van der Waals surface area contributed by atoms with Gasteiger partial charge in [-0.25, -0.2) is 0 Å². The lowest BCUT2D eigenvalue weighted by Crippen LogP contribution is -2.28. The molecule has 1 atom stereocenters. The van der Waals surface area contributed by atoms with E-state index in [9.17, 15) is 14.4 Å². The van der Waals surface area contributed by atoms with Crippen molar-refractivity contribution < 1.29 is 9.90 Å². The third-order valence-electron chi connectivity index (χ3n) is 2.80. The molecule has 2 aromatic rings. The van der Waals surface area contributed by atoms with Crippen LogP contribution in [0.1, 0.15) is 19.8 Å². The van der Waals surface area contributed by atoms with Gasteiger partial charge in [-0.2, -0.15) is 0 Å². The average molecular weight is 277 g/mol. The molecule has 0 radical (unpaired) electrons. The number of benzene rings is 1. The number of aliphatic hydroxyl groups excluding tert-OH is 1. The number of H-pyrrole nitrogens is 2. The fraction of sp³-hybridized carbons (Fsp3) is 0.308. The van der Waals surface area contributed by atoms with E-state index in [4.69, 9.17) is 5.11 Å². The first-order valence-corrected chi connectivity index (χ1v) is 6.20. The molecular formula is C13H15N3O4. The highest BCUT2D eigenvalue weighted by Gasteiger charge is 2.06. The number of rotatable bonds is 4. The molecular weight excluding hydrogens is 262 g/mol. The van der Waals surface area contributed by atoms with E-state index in [0.717, 1.165) is 0 Å². The van der Waals surface area contributed by atoms with E-state index in [-0.39, 0.29) is 12.3 Å². The van der Waals surface area contributed by atoms with Crippen LogP contribution in [0.3, 0.4) is 0 Å². The zero-order valence-corrected chi connectivity index (χ0v) is 10.9. The van der Waals surface area contributed by atoms with E-state index >= 15 is 0 Å². The third-order valence-corrected chi connectivity index (χ3v) is 2.80. The highest BCUT2D eigenvalue weighted by Crippen LogP contribution is 2.14. The van der Waals surface area contributed by atoms with E-state index in [1.54, 1.807) is 25.1 Å². The quantitative estimate of drug-likeness (QED) is 0.602. The summed E-state index contributed by atoms with van der Waals surface area (Å²) in [6, 6.07) is 4.78. The molecule has 1 heterocycles. The topological polar surface area (TPSA) is 115 Å². The first-order chi connectivity index (χ1) is 9.45. The van der Waals surface area contributed by atoms with E-state index in [1.165, 1.54) is 0 Å². The summed E-state index contributed by atoms with van der Waals surface area (Å²) >= 11 is 0. The second-order valence-corrected chi connectivity index (χ2v) is 4.60. The summed E-state index contributed by atoms with van der Waals surface area (Å²) in [6.07, 6.45) is 0.0558. The number of nitrogens with one attached hydrogen (secondary N) is 3. The lowest BCUT2D eigenvalue weighted by molar-refractivity contribution is -0.116. The fourth-order valence-electron chi connectivity index (χ4n) is 1.76. The maximum atomic E-state index is 11.6. The highest BCUT2D eigenvalue weighted by molar-refractivity contribution is 5.92. The van der Waals surface area contributed by atoms with Crippen molar-refractivity contribution in [2.75, 3.05) is 5.32 Å². The molecule has 1 amide bonds. The number of carbonyl (C=O) groups is 1. The monoisotopic (exact) mass is 277 g/mol. The number of carbonyl (C=O) groups excluding carboxylic acids is 1. The van der Waals surface area contributed by atoms with Gasteiger partial charge in [0, 0.05) is 12.1 Å². The minimum Gasteiger partial charge on any atom is -0.393 e. The summed E-state index contributed by atoms with van der Waals surface area (Å²) in [6.45, 7) is 1.62. The SMILES string of the molecule is CC(O)CCC(=O)Nc1ccc2[nH]c(=O)c(=O)[nH]c2c1. The summed E-state index contributed by atoms with van der Waals surface area (Å²) in [5, 5.41) is 11.8. The van der Waals surface area contributed by atoms with Crippen molar-refractivity contribution in [2.24, 2.45) is 0 Å². The number of fused-ring (bicyclic) bond motifs is 1. The molecule has 0 aliphatic carbocycles. The molecule has 1 aromatic carbocycles. The Hall–Kier alpha value is -2.41. The van der Waals surface area contributed by atoms with Crippen molar-refractivity contribution in [3.63, 3.8) is 0 Å². The van der Waals surface area contributed by atoms with Crippen LogP contribution in [-0.2, 0) is 4.79 Å². The van der Waals surface area contributed by atoms with E-state index in [0.29, 0.717) is 23.1 Å². The molecule has 4 N–H and O–H groups in total. The van der Waals surface area contributed by atoms with Crippen molar-refractivity contribution in [2.45, 2.75) is 25.9 Å². The molecule has 0 saturated heterocycles. The van der Waals surface area contributed by atoms with Crippen LogP contribution in [0.4, 0.5) is 5.69 Å². The Balaban J connectivity index is 2.19. The van der Waals surface area contributed by atoms with Gasteiger partial charge in [0.15, 0.2) is 0 Å². The van der Waals surface area contributed by atoms with Gasteiger partial charge in [0.05, 0.1) is 17.1 Å². The molecule has 106 valence electrons. The van der Waals surface area contributed by atoms with Crippen molar-refractivity contribution in [3.05, 3.63) is 38.9 Å². The van der Waals surface area contributed by atoms with Gasteiger partial charge in [-0.1, -0.05) is 0 Å². The van der Waals surface area contributed by atoms with E-state index < -0.39 is 17.2 Å². The van der Waals surface area contributed by atoms with Gasteiger partial charge in [0.1, 0.15) is 0 Å². The van der Waals surface area contributed by atoms with Crippen LogP contribution >= 0.6 is 0 Å². The predicted molar refractivity (Wildman–Crippen MR) is 74.7 cm³/mol. The van der Waals surface area contributed by atoms with Crippen LogP contribution < -0.4 is 16.4 Å². The lowest BCUT2D eigenvalue weighted by atomic mass is 10.2. The summed E-state index contributed by atoms with van der Waals surface area (Å²) in [4.78, 5) is 38.9. The number of aliphatic hydroxyl groups is 1. The molecule has 2 rings (SSSR count). The Morgan fingerprint density at radius 2 is 1.90 bits per heavy atom. The second kappa shape index (κ2) is 5.70. The summed E-state index contributed by atoms with van der Waals surface area (Å²) < 4.78 is 0. The largest absolute Gasteiger partial charge is 0.393 e. The van der Waals surface area contributed by atoms with Crippen molar-refractivity contribution in [1.82, 2.24) is 9.97 Å². The molecule has 0 aliphatic rings. The maximum Gasteiger partial charge on any atom is 0.314 e. The van der Waals surface area contributed by atoms with Crippen LogP contribution in [0.5, 0.6) is 0 Å². The summed E-state index contributed by atoms with van der Waals surface area (Å²) in [5.74, 6) is -0.225. The van der Waals surface area contributed by atoms with Crippen LogP contribution in [0.25, 0.3) is 11.0 Å². The molecule has 7 heteroatoms. The molecule has 0 fully saturated rings. The number of anilines is 1. The molecule has 0 aliphatic heterocycles.